The van der Waals surface area contributed by atoms with Gasteiger partial charge in [0.05, 0.1) is 23.0 Å². The van der Waals surface area contributed by atoms with Gasteiger partial charge in [0.2, 0.25) is 0 Å². The fraction of sp³-hybridized carbons (Fsp3) is 0.0870. The Bertz CT molecular complexity index is 1260. The number of fused-ring (bicyclic) bond motifs is 1. The molecule has 4 amide bonds. The van der Waals surface area contributed by atoms with Crippen LogP contribution in [0.25, 0.3) is 0 Å². The van der Waals surface area contributed by atoms with Crippen LogP contribution in [0.3, 0.4) is 0 Å². The normalized spacial score (nSPS) is 12.3. The van der Waals surface area contributed by atoms with Crippen molar-refractivity contribution in [3.63, 3.8) is 0 Å². The molecule has 0 radical (unpaired) electrons. The topological polar surface area (TPSA) is 135 Å². The van der Waals surface area contributed by atoms with Crippen molar-refractivity contribution in [2.45, 2.75) is 0 Å². The molecule has 33 heavy (non-hydrogen) atoms. The van der Waals surface area contributed by atoms with Crippen molar-refractivity contribution in [3.05, 3.63) is 83.3 Å². The molecule has 4 rings (SSSR count). The first kappa shape index (κ1) is 21.5. The van der Waals surface area contributed by atoms with E-state index in [2.05, 4.69) is 10.6 Å². The summed E-state index contributed by atoms with van der Waals surface area (Å²) in [5.74, 6) is -2.50. The van der Waals surface area contributed by atoms with E-state index < -0.39 is 36.2 Å². The highest BCUT2D eigenvalue weighted by molar-refractivity contribution is 6.21. The van der Waals surface area contributed by atoms with Gasteiger partial charge in [-0.3, -0.25) is 24.1 Å². The Kier molecular flexibility index (Phi) is 5.73. The third kappa shape index (κ3) is 4.49. The Morgan fingerprint density at radius 1 is 0.909 bits per heavy atom. The fourth-order valence-corrected chi connectivity index (χ4v) is 3.14. The highest BCUT2D eigenvalue weighted by atomic mass is 16.5. The second kappa shape index (κ2) is 8.79. The maximum Gasteiger partial charge on any atom is 0.338 e. The predicted octanol–water partition coefficient (Wildman–Crippen LogP) is 2.55. The smallest absolute Gasteiger partial charge is 0.338 e. The molecule has 10 nitrogen and oxygen atoms in total. The van der Waals surface area contributed by atoms with Crippen LogP contribution in [0.2, 0.25) is 0 Å². The third-order valence-electron chi connectivity index (χ3n) is 4.83. The molecule has 2 N–H and O–H groups in total. The number of imide groups is 1. The van der Waals surface area contributed by atoms with Gasteiger partial charge in [-0.1, -0.05) is 0 Å². The summed E-state index contributed by atoms with van der Waals surface area (Å²) in [6, 6.07) is 13.3. The van der Waals surface area contributed by atoms with E-state index in [1.54, 1.807) is 6.07 Å². The van der Waals surface area contributed by atoms with Crippen LogP contribution >= 0.6 is 0 Å². The number of esters is 1. The molecule has 3 aromatic rings. The molecule has 166 valence electrons. The van der Waals surface area contributed by atoms with Crippen molar-refractivity contribution in [2.75, 3.05) is 24.3 Å². The van der Waals surface area contributed by atoms with Gasteiger partial charge in [-0.2, -0.15) is 0 Å². The zero-order valence-corrected chi connectivity index (χ0v) is 17.3. The number of rotatable bonds is 6. The molecule has 0 unspecified atom stereocenters. The highest BCUT2D eigenvalue weighted by Crippen LogP contribution is 2.24. The number of nitrogens with one attached hydrogen (secondary N) is 2. The first-order chi connectivity index (χ1) is 15.8. The van der Waals surface area contributed by atoms with E-state index in [1.165, 1.54) is 61.8 Å². The van der Waals surface area contributed by atoms with Gasteiger partial charge < -0.3 is 19.8 Å². The molecule has 0 spiro atoms. The van der Waals surface area contributed by atoms with Gasteiger partial charge in [-0.15, -0.1) is 0 Å². The monoisotopic (exact) mass is 447 g/mol. The van der Waals surface area contributed by atoms with Gasteiger partial charge in [-0.05, 0) is 54.6 Å². The van der Waals surface area contributed by atoms with E-state index >= 15 is 0 Å². The van der Waals surface area contributed by atoms with E-state index in [1.807, 2.05) is 0 Å². The molecule has 2 heterocycles. The molecule has 1 aliphatic rings. The lowest BCUT2D eigenvalue weighted by Gasteiger charge is -2.08. The highest BCUT2D eigenvalue weighted by Gasteiger charge is 2.32. The van der Waals surface area contributed by atoms with Crippen molar-refractivity contribution < 1.29 is 33.1 Å². The van der Waals surface area contributed by atoms with E-state index in [-0.39, 0.29) is 22.5 Å². The number of hydrogen-bond donors (Lipinski definition) is 2. The minimum atomic E-state index is -0.731. The Morgan fingerprint density at radius 2 is 1.61 bits per heavy atom. The molecule has 10 heteroatoms. The summed E-state index contributed by atoms with van der Waals surface area (Å²) in [4.78, 5) is 61.3. The van der Waals surface area contributed by atoms with Gasteiger partial charge >= 0.3 is 5.97 Å². The van der Waals surface area contributed by atoms with Gasteiger partial charge in [0.25, 0.3) is 23.6 Å². The molecule has 0 atom stereocenters. The summed E-state index contributed by atoms with van der Waals surface area (Å²) in [5, 5.41) is 5.14. The van der Waals surface area contributed by atoms with E-state index in [0.717, 1.165) is 4.90 Å². The second-order valence-corrected chi connectivity index (χ2v) is 7.06. The molecule has 0 saturated heterocycles. The molecule has 2 aromatic carbocycles. The van der Waals surface area contributed by atoms with Gasteiger partial charge in [0, 0.05) is 18.4 Å². The van der Waals surface area contributed by atoms with Crippen molar-refractivity contribution in [3.8, 4) is 0 Å². The Labute approximate surface area is 187 Å². The molecule has 0 saturated carbocycles. The molecular formula is C23H17N3O7. The molecule has 0 aliphatic carbocycles. The van der Waals surface area contributed by atoms with Crippen molar-refractivity contribution in [1.82, 2.24) is 4.90 Å². The summed E-state index contributed by atoms with van der Waals surface area (Å²) >= 11 is 0. The molecule has 0 fully saturated rings. The number of furan rings is 1. The summed E-state index contributed by atoms with van der Waals surface area (Å²) in [6.45, 7) is -0.556. The number of nitrogens with zero attached hydrogens (tertiary/aromatic N) is 1. The van der Waals surface area contributed by atoms with Crippen LogP contribution in [0.4, 0.5) is 11.4 Å². The molecule has 0 bridgehead atoms. The number of carbonyl (C=O) groups excluding carboxylic acids is 5. The SMILES string of the molecule is CN1C(=O)c2ccc(NC(=O)COC(=O)c3ccc(NC(=O)c4ccco4)cc3)cc2C1=O. The van der Waals surface area contributed by atoms with Gasteiger partial charge in [0.15, 0.2) is 12.4 Å². The maximum absolute atomic E-state index is 12.2. The zero-order valence-electron chi connectivity index (χ0n) is 17.3. The minimum absolute atomic E-state index is 0.149. The number of amides is 4. The Morgan fingerprint density at radius 3 is 2.30 bits per heavy atom. The average Bonchev–Trinajstić information content (AvgIpc) is 3.43. The first-order valence-electron chi connectivity index (χ1n) is 9.72. The zero-order chi connectivity index (χ0) is 23.5. The van der Waals surface area contributed by atoms with E-state index in [9.17, 15) is 24.0 Å². The largest absolute Gasteiger partial charge is 0.459 e. The lowest BCUT2D eigenvalue weighted by Crippen LogP contribution is -2.24. The Hall–Kier alpha value is -4.73. The van der Waals surface area contributed by atoms with Crippen LogP contribution in [0.15, 0.2) is 65.3 Å². The second-order valence-electron chi connectivity index (χ2n) is 7.06. The van der Waals surface area contributed by atoms with Gasteiger partial charge in [-0.25, -0.2) is 4.79 Å². The summed E-state index contributed by atoms with van der Waals surface area (Å²) < 4.78 is 10.0. The van der Waals surface area contributed by atoms with Crippen LogP contribution in [-0.2, 0) is 9.53 Å². The first-order valence-corrected chi connectivity index (χ1v) is 9.72. The van der Waals surface area contributed by atoms with E-state index in [4.69, 9.17) is 9.15 Å². The van der Waals surface area contributed by atoms with Crippen LogP contribution in [0.1, 0.15) is 41.6 Å². The fourth-order valence-electron chi connectivity index (χ4n) is 3.14. The van der Waals surface area contributed by atoms with Crippen molar-refractivity contribution in [1.29, 1.82) is 0 Å². The van der Waals surface area contributed by atoms with Crippen LogP contribution in [0, 0.1) is 0 Å². The average molecular weight is 447 g/mol. The third-order valence-corrected chi connectivity index (χ3v) is 4.83. The maximum atomic E-state index is 12.2. The standard InChI is InChI=1S/C23H17N3O7/c1-26-21(29)16-9-8-15(11-17(16)22(26)30)24-19(27)12-33-23(31)13-4-6-14(7-5-13)25-20(28)18-3-2-10-32-18/h2-11H,12H2,1H3,(H,24,27)(H,25,28). The van der Waals surface area contributed by atoms with Crippen LogP contribution in [0.5, 0.6) is 0 Å². The summed E-state index contributed by atoms with van der Waals surface area (Å²) in [5.41, 5.74) is 1.37. The van der Waals surface area contributed by atoms with Crippen molar-refractivity contribution >= 4 is 41.0 Å². The van der Waals surface area contributed by atoms with Crippen LogP contribution < -0.4 is 10.6 Å². The number of anilines is 2. The molecule has 1 aliphatic heterocycles. The quantitative estimate of drug-likeness (QED) is 0.438. The molecular weight excluding hydrogens is 430 g/mol. The Balaban J connectivity index is 1.30. The molecule has 1 aromatic heterocycles. The summed E-state index contributed by atoms with van der Waals surface area (Å²) in [6.07, 6.45) is 1.38. The van der Waals surface area contributed by atoms with Gasteiger partial charge in [0.1, 0.15) is 0 Å². The van der Waals surface area contributed by atoms with Crippen molar-refractivity contribution in [2.24, 2.45) is 0 Å². The number of carbonyl (C=O) groups is 5. The number of ether oxygens (including phenoxy) is 1. The summed E-state index contributed by atoms with van der Waals surface area (Å²) in [7, 11) is 1.38. The van der Waals surface area contributed by atoms with Crippen LogP contribution in [-0.4, -0.2) is 48.2 Å². The minimum Gasteiger partial charge on any atom is -0.459 e. The van der Waals surface area contributed by atoms with E-state index in [0.29, 0.717) is 11.4 Å². The number of benzene rings is 2. The number of hydrogen-bond acceptors (Lipinski definition) is 7. The predicted molar refractivity (Wildman–Crippen MR) is 115 cm³/mol. The lowest BCUT2D eigenvalue weighted by atomic mass is 10.1. The lowest BCUT2D eigenvalue weighted by molar-refractivity contribution is -0.119.